The van der Waals surface area contributed by atoms with Crippen molar-refractivity contribution in [3.63, 3.8) is 0 Å². The lowest BCUT2D eigenvalue weighted by molar-refractivity contribution is -0.167. The van der Waals surface area contributed by atoms with Crippen LogP contribution < -0.4 is 0 Å². The number of unbranched alkanes of at least 4 members (excludes halogenated alkanes) is 18. The summed E-state index contributed by atoms with van der Waals surface area (Å²) in [5, 5.41) is 0. The molecule has 0 aliphatic rings. The molecule has 6 nitrogen and oxygen atoms in total. The Labute approximate surface area is 417 Å². The minimum absolute atomic E-state index is 0.112. The fourth-order valence-corrected chi connectivity index (χ4v) is 6.90. The SMILES string of the molecule is CC/C=C\C/C=C\C/C=C\C/C=C\C/C=C\CCCCCC(=O)OCC(COC(=O)CCCCC/C=C\CCCCCCCC)OC(=O)CCCCCCC\C=C/C=C\C=C/C=C\C=C/CCC. The van der Waals surface area contributed by atoms with Crippen LogP contribution in [0.4, 0.5) is 0 Å². The van der Waals surface area contributed by atoms with Gasteiger partial charge in [0.15, 0.2) is 6.10 Å². The number of carbonyl (C=O) groups excluding carboxylic acids is 3. The highest BCUT2D eigenvalue weighted by Gasteiger charge is 2.19. The monoisotopic (exact) mass is 939 g/mol. The van der Waals surface area contributed by atoms with Gasteiger partial charge in [-0.3, -0.25) is 14.4 Å². The van der Waals surface area contributed by atoms with Gasteiger partial charge >= 0.3 is 17.9 Å². The molecule has 0 aliphatic heterocycles. The second-order valence-corrected chi connectivity index (χ2v) is 17.5. The van der Waals surface area contributed by atoms with Crippen LogP contribution in [-0.4, -0.2) is 37.2 Å². The number of carbonyl (C=O) groups is 3. The molecule has 0 radical (unpaired) electrons. The van der Waals surface area contributed by atoms with Crippen molar-refractivity contribution in [1.29, 1.82) is 0 Å². The van der Waals surface area contributed by atoms with Crippen LogP contribution >= 0.6 is 0 Å². The highest BCUT2D eigenvalue weighted by Crippen LogP contribution is 2.13. The van der Waals surface area contributed by atoms with E-state index < -0.39 is 6.10 Å². The third-order valence-electron chi connectivity index (χ3n) is 11.0. The van der Waals surface area contributed by atoms with Crippen LogP contribution in [0.1, 0.15) is 220 Å². The number of hydrogen-bond acceptors (Lipinski definition) is 6. The van der Waals surface area contributed by atoms with Crippen molar-refractivity contribution in [3.05, 3.63) is 134 Å². The molecule has 382 valence electrons. The summed E-state index contributed by atoms with van der Waals surface area (Å²) in [6.45, 7) is 6.35. The second kappa shape index (κ2) is 55.1. The van der Waals surface area contributed by atoms with Crippen molar-refractivity contribution in [2.45, 2.75) is 226 Å². The molecular weight excluding hydrogens is 841 g/mol. The Morgan fingerprint density at radius 3 is 1.12 bits per heavy atom. The number of ether oxygens (including phenoxy) is 3. The van der Waals surface area contributed by atoms with Gasteiger partial charge in [-0.05, 0) is 109 Å². The summed E-state index contributed by atoms with van der Waals surface area (Å²) in [5.41, 5.74) is 0. The molecule has 68 heavy (non-hydrogen) atoms. The second-order valence-electron chi connectivity index (χ2n) is 17.5. The van der Waals surface area contributed by atoms with Crippen molar-refractivity contribution in [3.8, 4) is 0 Å². The van der Waals surface area contributed by atoms with Crippen molar-refractivity contribution in [1.82, 2.24) is 0 Å². The fraction of sp³-hybridized carbons (Fsp3) is 0.597. The molecule has 0 N–H and O–H groups in total. The number of rotatable bonds is 47. The molecule has 0 aromatic heterocycles. The molecule has 0 aromatic rings. The Morgan fingerprint density at radius 1 is 0.324 bits per heavy atom. The van der Waals surface area contributed by atoms with Gasteiger partial charge in [0.25, 0.3) is 0 Å². The van der Waals surface area contributed by atoms with Gasteiger partial charge in [-0.25, -0.2) is 0 Å². The summed E-state index contributed by atoms with van der Waals surface area (Å²) in [4.78, 5) is 38.1. The third kappa shape index (κ3) is 52.5. The Bertz CT molecular complexity index is 1500. The summed E-state index contributed by atoms with van der Waals surface area (Å²) in [5.74, 6) is -0.992. The maximum Gasteiger partial charge on any atom is 0.306 e. The third-order valence-corrected chi connectivity index (χ3v) is 11.0. The Hall–Kier alpha value is -4.45. The van der Waals surface area contributed by atoms with Crippen LogP contribution in [0.3, 0.4) is 0 Å². The van der Waals surface area contributed by atoms with Crippen LogP contribution in [0, 0.1) is 0 Å². The Kier molecular flexibility index (Phi) is 51.5. The van der Waals surface area contributed by atoms with E-state index in [-0.39, 0.29) is 37.5 Å². The van der Waals surface area contributed by atoms with Gasteiger partial charge in [-0.15, -0.1) is 0 Å². The van der Waals surface area contributed by atoms with Gasteiger partial charge in [0.05, 0.1) is 0 Å². The van der Waals surface area contributed by atoms with Gasteiger partial charge in [0, 0.05) is 19.3 Å². The first kappa shape index (κ1) is 63.5. The first-order valence-corrected chi connectivity index (χ1v) is 27.3. The maximum atomic E-state index is 12.8. The predicted octanol–water partition coefficient (Wildman–Crippen LogP) is 18.3. The lowest BCUT2D eigenvalue weighted by atomic mass is 10.1. The summed E-state index contributed by atoms with van der Waals surface area (Å²) < 4.78 is 16.8. The van der Waals surface area contributed by atoms with E-state index in [0.717, 1.165) is 135 Å². The van der Waals surface area contributed by atoms with Gasteiger partial charge in [-0.2, -0.15) is 0 Å². The van der Waals surface area contributed by atoms with E-state index in [1.165, 1.54) is 44.9 Å². The molecule has 6 heteroatoms. The van der Waals surface area contributed by atoms with E-state index >= 15 is 0 Å². The lowest BCUT2D eigenvalue weighted by Gasteiger charge is -2.18. The average Bonchev–Trinajstić information content (AvgIpc) is 3.34. The molecule has 0 aromatic carbocycles. The highest BCUT2D eigenvalue weighted by atomic mass is 16.6. The zero-order chi connectivity index (χ0) is 49.3. The Balaban J connectivity index is 4.55. The predicted molar refractivity (Wildman–Crippen MR) is 292 cm³/mol. The van der Waals surface area contributed by atoms with Gasteiger partial charge in [0.1, 0.15) is 13.2 Å². The summed E-state index contributed by atoms with van der Waals surface area (Å²) in [6, 6.07) is 0. The lowest BCUT2D eigenvalue weighted by Crippen LogP contribution is -2.30. The van der Waals surface area contributed by atoms with Crippen LogP contribution in [0.2, 0.25) is 0 Å². The molecule has 1 unspecified atom stereocenters. The molecule has 0 amide bonds. The molecule has 1 atom stereocenters. The van der Waals surface area contributed by atoms with Gasteiger partial charge < -0.3 is 14.2 Å². The van der Waals surface area contributed by atoms with Crippen LogP contribution in [0.5, 0.6) is 0 Å². The molecule has 0 heterocycles. The fourth-order valence-electron chi connectivity index (χ4n) is 6.90. The van der Waals surface area contributed by atoms with E-state index in [1.807, 2.05) is 36.5 Å². The topological polar surface area (TPSA) is 78.9 Å². The van der Waals surface area contributed by atoms with Crippen molar-refractivity contribution < 1.29 is 28.6 Å². The quantitative estimate of drug-likeness (QED) is 0.0199. The van der Waals surface area contributed by atoms with E-state index in [2.05, 4.69) is 118 Å². The zero-order valence-electron chi connectivity index (χ0n) is 43.6. The standard InChI is InChI=1S/C62H98O6/c1-4-7-10-13-16-19-22-25-27-29-31-33-34-37-40-43-46-49-52-55-61(64)67-58-59(57-66-60(63)54-51-48-45-42-39-36-24-21-18-15-12-9-6-3)68-62(65)56-53-50-47-44-41-38-35-32-30-28-26-23-20-17-14-11-8-5-2/h7,10-11,14,16-17,19-20,23,25-28,30-33,35-37,39-40,59H,4-6,8-9,12-13,15,18,21-22,24,29,34,38,41-58H2,1-3H3/b10-7-,14-11-,19-16-,20-17-,26-23-,27-25-,30-28-,33-31-,35-32-,39-36-,40-37-. The van der Waals surface area contributed by atoms with Crippen LogP contribution in [0.25, 0.3) is 0 Å². The van der Waals surface area contributed by atoms with Gasteiger partial charge in [0.2, 0.25) is 0 Å². The van der Waals surface area contributed by atoms with E-state index in [9.17, 15) is 14.4 Å². The molecule has 0 spiro atoms. The molecule has 0 saturated carbocycles. The first-order valence-electron chi connectivity index (χ1n) is 27.3. The summed E-state index contributed by atoms with van der Waals surface area (Å²) >= 11 is 0. The van der Waals surface area contributed by atoms with Crippen molar-refractivity contribution in [2.24, 2.45) is 0 Å². The van der Waals surface area contributed by atoms with Crippen LogP contribution in [0.15, 0.2) is 134 Å². The first-order chi connectivity index (χ1) is 33.5. The van der Waals surface area contributed by atoms with Crippen molar-refractivity contribution in [2.75, 3.05) is 13.2 Å². The molecule has 0 aliphatic carbocycles. The smallest absolute Gasteiger partial charge is 0.306 e. The molecule has 0 fully saturated rings. The van der Waals surface area contributed by atoms with Crippen LogP contribution in [-0.2, 0) is 28.6 Å². The number of hydrogen-bond donors (Lipinski definition) is 0. The van der Waals surface area contributed by atoms with E-state index in [4.69, 9.17) is 14.2 Å². The van der Waals surface area contributed by atoms with E-state index in [0.29, 0.717) is 12.8 Å². The largest absolute Gasteiger partial charge is 0.462 e. The minimum atomic E-state index is -0.817. The zero-order valence-corrected chi connectivity index (χ0v) is 43.6. The van der Waals surface area contributed by atoms with E-state index in [1.54, 1.807) is 0 Å². The number of allylic oxidation sites excluding steroid dienone is 22. The Morgan fingerprint density at radius 2 is 0.662 bits per heavy atom. The maximum absolute atomic E-state index is 12.8. The number of esters is 3. The highest BCUT2D eigenvalue weighted by molar-refractivity contribution is 5.71. The normalized spacial score (nSPS) is 13.2. The molecule has 0 saturated heterocycles. The molecule has 0 bridgehead atoms. The average molecular weight is 939 g/mol. The van der Waals surface area contributed by atoms with Gasteiger partial charge in [-0.1, -0.05) is 225 Å². The minimum Gasteiger partial charge on any atom is -0.462 e. The molecule has 0 rings (SSSR count). The summed E-state index contributed by atoms with van der Waals surface area (Å²) in [6.07, 6.45) is 77.1. The van der Waals surface area contributed by atoms with Crippen molar-refractivity contribution >= 4 is 17.9 Å². The summed E-state index contributed by atoms with van der Waals surface area (Å²) in [7, 11) is 0. The molecular formula is C62H98O6.